The SMILES string of the molecule is CCC1=C(C(=O)OCCO)C(c2ccc([N+](=O)[O-])cc2)C(N(C=O)CCCN2CCC(c3ccccc3)(c3ccccc3)CC2)=C(COC)N1. The second-order valence-corrected chi connectivity index (χ2v) is 12.6. The van der Waals surface area contributed by atoms with Crippen LogP contribution in [0.2, 0.25) is 0 Å². The van der Waals surface area contributed by atoms with Gasteiger partial charge in [-0.05, 0) is 62.0 Å². The van der Waals surface area contributed by atoms with Crippen LogP contribution in [-0.2, 0) is 24.5 Å². The summed E-state index contributed by atoms with van der Waals surface area (Å²) >= 11 is 0. The predicted molar refractivity (Wildman–Crippen MR) is 190 cm³/mol. The van der Waals surface area contributed by atoms with Crippen LogP contribution in [0.3, 0.4) is 0 Å². The Kier molecular flexibility index (Phi) is 12.5. The molecule has 50 heavy (non-hydrogen) atoms. The fourth-order valence-corrected chi connectivity index (χ4v) is 7.35. The van der Waals surface area contributed by atoms with Crippen molar-refractivity contribution in [1.82, 2.24) is 15.1 Å². The van der Waals surface area contributed by atoms with Gasteiger partial charge in [0.05, 0.1) is 41.0 Å². The lowest BCUT2D eigenvalue weighted by Crippen LogP contribution is -2.44. The maximum atomic E-state index is 13.6. The first-order valence-corrected chi connectivity index (χ1v) is 17.2. The molecular formula is C39H46N4O7. The van der Waals surface area contributed by atoms with Gasteiger partial charge in [-0.2, -0.15) is 0 Å². The van der Waals surface area contributed by atoms with Crippen LogP contribution in [0.4, 0.5) is 5.69 Å². The van der Waals surface area contributed by atoms with E-state index >= 15 is 0 Å². The summed E-state index contributed by atoms with van der Waals surface area (Å²) in [5, 5.41) is 24.2. The summed E-state index contributed by atoms with van der Waals surface area (Å²) < 4.78 is 11.0. The van der Waals surface area contributed by atoms with E-state index in [1.54, 1.807) is 24.1 Å². The number of nitro benzene ring substituents is 1. The number of piperidine rings is 1. The minimum absolute atomic E-state index is 0.0657. The van der Waals surface area contributed by atoms with Crippen molar-refractivity contribution in [3.8, 4) is 0 Å². The van der Waals surface area contributed by atoms with Crippen molar-refractivity contribution in [2.75, 3.05) is 53.1 Å². The molecule has 2 aliphatic heterocycles. The normalized spacial score (nSPS) is 17.6. The highest BCUT2D eigenvalue weighted by molar-refractivity contribution is 5.93. The number of methoxy groups -OCH3 is 1. The Morgan fingerprint density at radius 2 is 1.64 bits per heavy atom. The van der Waals surface area contributed by atoms with Crippen molar-refractivity contribution in [3.05, 3.63) is 134 Å². The highest BCUT2D eigenvalue weighted by atomic mass is 16.6. The van der Waals surface area contributed by atoms with Gasteiger partial charge in [-0.15, -0.1) is 0 Å². The highest BCUT2D eigenvalue weighted by Crippen LogP contribution is 2.43. The molecule has 1 saturated heterocycles. The Morgan fingerprint density at radius 1 is 1.02 bits per heavy atom. The van der Waals surface area contributed by atoms with E-state index in [-0.39, 0.29) is 36.5 Å². The number of aliphatic hydroxyl groups excluding tert-OH is 1. The topological polar surface area (TPSA) is 134 Å². The number of likely N-dealkylation sites (tertiary alicyclic amines) is 1. The lowest BCUT2D eigenvalue weighted by molar-refractivity contribution is -0.384. The molecule has 2 aliphatic rings. The number of ether oxygens (including phenoxy) is 2. The Morgan fingerprint density at radius 3 is 2.16 bits per heavy atom. The second kappa shape index (κ2) is 17.2. The third kappa shape index (κ3) is 7.96. The van der Waals surface area contributed by atoms with Crippen LogP contribution in [0.25, 0.3) is 0 Å². The van der Waals surface area contributed by atoms with Gasteiger partial charge in [0.1, 0.15) is 6.61 Å². The van der Waals surface area contributed by atoms with E-state index in [0.717, 1.165) is 38.9 Å². The van der Waals surface area contributed by atoms with Crippen LogP contribution in [0.1, 0.15) is 55.2 Å². The van der Waals surface area contributed by atoms with Gasteiger partial charge in [0.2, 0.25) is 6.41 Å². The van der Waals surface area contributed by atoms with Crippen LogP contribution in [-0.4, -0.2) is 85.3 Å². The number of hydrogen-bond donors (Lipinski definition) is 2. The molecular weight excluding hydrogens is 636 g/mol. The predicted octanol–water partition coefficient (Wildman–Crippen LogP) is 5.27. The van der Waals surface area contributed by atoms with Crippen molar-refractivity contribution in [1.29, 1.82) is 0 Å². The zero-order valence-corrected chi connectivity index (χ0v) is 28.8. The van der Waals surface area contributed by atoms with Gasteiger partial charge in [-0.1, -0.05) is 79.7 Å². The van der Waals surface area contributed by atoms with Crippen LogP contribution >= 0.6 is 0 Å². The fraction of sp³-hybridized carbons (Fsp3) is 0.385. The summed E-state index contributed by atoms with van der Waals surface area (Å²) in [5.74, 6) is -1.42. The van der Waals surface area contributed by atoms with Crippen molar-refractivity contribution < 1.29 is 29.1 Å². The largest absolute Gasteiger partial charge is 0.460 e. The smallest absolute Gasteiger partial charge is 0.336 e. The summed E-state index contributed by atoms with van der Waals surface area (Å²) in [5.41, 5.74) is 5.09. The van der Waals surface area contributed by atoms with Gasteiger partial charge >= 0.3 is 5.97 Å². The number of carbonyl (C=O) groups excluding carboxylic acids is 2. The number of nitrogens with zero attached hydrogens (tertiary/aromatic N) is 3. The van der Waals surface area contributed by atoms with E-state index in [1.807, 2.05) is 6.92 Å². The third-order valence-electron chi connectivity index (χ3n) is 9.79. The molecule has 0 radical (unpaired) electrons. The molecule has 5 rings (SSSR count). The number of nitrogens with one attached hydrogen (secondary N) is 1. The molecule has 0 aliphatic carbocycles. The minimum Gasteiger partial charge on any atom is -0.460 e. The maximum absolute atomic E-state index is 13.6. The first kappa shape index (κ1) is 36.4. The molecule has 1 atom stereocenters. The van der Waals surface area contributed by atoms with E-state index in [1.165, 1.54) is 23.3 Å². The number of allylic oxidation sites excluding steroid dienone is 2. The van der Waals surface area contributed by atoms with Crippen molar-refractivity contribution >= 4 is 18.1 Å². The number of dihydropyridines is 1. The summed E-state index contributed by atoms with van der Waals surface area (Å²) in [6.45, 7) is 4.44. The van der Waals surface area contributed by atoms with Crippen LogP contribution < -0.4 is 5.32 Å². The molecule has 11 nitrogen and oxygen atoms in total. The Balaban J connectivity index is 1.39. The monoisotopic (exact) mass is 682 g/mol. The molecule has 3 aromatic carbocycles. The van der Waals surface area contributed by atoms with Crippen molar-refractivity contribution in [2.24, 2.45) is 0 Å². The Hall–Kier alpha value is -4.84. The fourth-order valence-electron chi connectivity index (χ4n) is 7.35. The number of aliphatic hydroxyl groups is 1. The standard InChI is InChI=1S/C39H46N4O7/c1-3-33-36(38(46)50-26-25-44)35(29-15-17-32(18-16-29)43(47)48)37(34(40-33)27-49-2)42(28-45)22-10-21-41-23-19-39(20-24-41,30-11-6-4-7-12-30)31-13-8-5-9-14-31/h4-9,11-18,28,35,40,44H,3,10,19-27H2,1-2H3. The number of non-ortho nitro benzene ring substituents is 1. The third-order valence-corrected chi connectivity index (χ3v) is 9.79. The molecule has 1 fully saturated rings. The molecule has 1 unspecified atom stereocenters. The molecule has 0 aromatic heterocycles. The van der Waals surface area contributed by atoms with Gasteiger partial charge in [0.15, 0.2) is 0 Å². The number of hydrogen-bond acceptors (Lipinski definition) is 9. The summed E-state index contributed by atoms with van der Waals surface area (Å²) in [7, 11) is 1.56. The number of carbonyl (C=O) groups is 2. The van der Waals surface area contributed by atoms with Gasteiger partial charge < -0.3 is 29.7 Å². The van der Waals surface area contributed by atoms with Gasteiger partial charge in [0, 0.05) is 36.9 Å². The van der Waals surface area contributed by atoms with Gasteiger partial charge in [-0.25, -0.2) is 4.79 Å². The second-order valence-electron chi connectivity index (χ2n) is 12.6. The molecule has 1 amide bonds. The van der Waals surface area contributed by atoms with Crippen LogP contribution in [0.5, 0.6) is 0 Å². The van der Waals surface area contributed by atoms with E-state index in [9.17, 15) is 24.8 Å². The molecule has 2 N–H and O–H groups in total. The molecule has 0 bridgehead atoms. The summed E-state index contributed by atoms with van der Waals surface area (Å²) in [6, 6.07) is 27.4. The number of rotatable bonds is 16. The zero-order chi connectivity index (χ0) is 35.5. The average molecular weight is 683 g/mol. The van der Waals surface area contributed by atoms with Crippen molar-refractivity contribution in [2.45, 2.75) is 43.9 Å². The summed E-state index contributed by atoms with van der Waals surface area (Å²) in [4.78, 5) is 41.5. The number of benzene rings is 3. The first-order chi connectivity index (χ1) is 24.4. The van der Waals surface area contributed by atoms with Crippen molar-refractivity contribution in [3.63, 3.8) is 0 Å². The Labute approximate surface area is 293 Å². The first-order valence-electron chi connectivity index (χ1n) is 17.2. The highest BCUT2D eigenvalue weighted by Gasteiger charge is 2.40. The summed E-state index contributed by atoms with van der Waals surface area (Å²) in [6.07, 6.45) is 3.82. The van der Waals surface area contributed by atoms with E-state index in [0.29, 0.717) is 42.0 Å². The molecule has 0 spiro atoms. The Bertz CT molecular complexity index is 1630. The molecule has 264 valence electrons. The molecule has 11 heteroatoms. The van der Waals surface area contributed by atoms with E-state index in [2.05, 4.69) is 70.9 Å². The average Bonchev–Trinajstić information content (AvgIpc) is 3.16. The van der Waals surface area contributed by atoms with E-state index in [4.69, 9.17) is 9.47 Å². The number of esters is 1. The van der Waals surface area contributed by atoms with Crippen LogP contribution in [0.15, 0.2) is 108 Å². The lowest BCUT2D eigenvalue weighted by Gasteiger charge is -2.43. The lowest BCUT2D eigenvalue weighted by atomic mass is 9.68. The molecule has 3 aromatic rings. The molecule has 0 saturated carbocycles. The zero-order valence-electron chi connectivity index (χ0n) is 28.8. The van der Waals surface area contributed by atoms with Gasteiger partial charge in [0.25, 0.3) is 5.69 Å². The number of nitro groups is 1. The quantitative estimate of drug-likeness (QED) is 0.0897. The van der Waals surface area contributed by atoms with E-state index < -0.39 is 16.8 Å². The van der Waals surface area contributed by atoms with Gasteiger partial charge in [-0.3, -0.25) is 14.9 Å². The molecule has 2 heterocycles. The minimum atomic E-state index is -0.777. The maximum Gasteiger partial charge on any atom is 0.336 e. The van der Waals surface area contributed by atoms with Crippen LogP contribution in [0, 0.1) is 10.1 Å². The number of amides is 1.